The van der Waals surface area contributed by atoms with Gasteiger partial charge in [0.25, 0.3) is 0 Å². The van der Waals surface area contributed by atoms with Gasteiger partial charge in [0.15, 0.2) is 0 Å². The summed E-state index contributed by atoms with van der Waals surface area (Å²) in [4.78, 5) is 2.14. The van der Waals surface area contributed by atoms with Crippen LogP contribution >= 0.6 is 11.6 Å². The molecule has 1 aliphatic heterocycles. The first kappa shape index (κ1) is 14.2. The normalized spacial score (nSPS) is 19.0. The summed E-state index contributed by atoms with van der Waals surface area (Å²) in [6.45, 7) is 3.53. The molecule has 21 heavy (non-hydrogen) atoms. The smallest absolute Gasteiger partial charge is 0.134 e. The molecule has 3 rings (SSSR count). The van der Waals surface area contributed by atoms with Crippen molar-refractivity contribution in [3.63, 3.8) is 0 Å². The van der Waals surface area contributed by atoms with Gasteiger partial charge in [-0.1, -0.05) is 18.5 Å². The molecule has 1 atom stereocenters. The van der Waals surface area contributed by atoms with Gasteiger partial charge in [0.05, 0.1) is 22.9 Å². The van der Waals surface area contributed by atoms with Crippen LogP contribution in [-0.2, 0) is 6.42 Å². The number of halogens is 1. The first-order valence-electron chi connectivity index (χ1n) is 7.18. The Bertz CT molecular complexity index is 719. The third kappa shape index (κ3) is 2.35. The number of aryl methyl sites for hydroxylation is 1. The summed E-state index contributed by atoms with van der Waals surface area (Å²) in [6.07, 6.45) is 3.82. The molecule has 1 fully saturated rings. The van der Waals surface area contributed by atoms with Crippen molar-refractivity contribution >= 4 is 22.9 Å². The average molecular weight is 305 g/mol. The molecule has 0 bridgehead atoms. The second-order valence-corrected chi connectivity index (χ2v) is 5.77. The van der Waals surface area contributed by atoms with Crippen LogP contribution in [0.4, 0.5) is 5.82 Å². The Kier molecular flexibility index (Phi) is 3.75. The molecule has 0 aromatic carbocycles. The second kappa shape index (κ2) is 5.55. The quantitative estimate of drug-likeness (QED) is 0.925. The van der Waals surface area contributed by atoms with Gasteiger partial charge in [-0.3, -0.25) is 0 Å². The van der Waals surface area contributed by atoms with E-state index in [0.717, 1.165) is 37.2 Å². The maximum Gasteiger partial charge on any atom is 0.134 e. The van der Waals surface area contributed by atoms with Gasteiger partial charge in [0.2, 0.25) is 0 Å². The number of pyridine rings is 1. The summed E-state index contributed by atoms with van der Waals surface area (Å²) in [6, 6.07) is 4.04. The highest BCUT2D eigenvalue weighted by Gasteiger charge is 2.24. The van der Waals surface area contributed by atoms with Gasteiger partial charge in [0, 0.05) is 13.1 Å². The molecule has 2 aromatic heterocycles. The largest absolute Gasteiger partial charge is 0.391 e. The molecule has 0 spiro atoms. The summed E-state index contributed by atoms with van der Waals surface area (Å²) < 4.78 is 1.75. The van der Waals surface area contributed by atoms with E-state index in [2.05, 4.69) is 23.0 Å². The average Bonchev–Trinajstić information content (AvgIpc) is 2.91. The van der Waals surface area contributed by atoms with Gasteiger partial charge in [0.1, 0.15) is 17.4 Å². The van der Waals surface area contributed by atoms with Gasteiger partial charge in [-0.25, -0.2) is 4.52 Å². The van der Waals surface area contributed by atoms with Crippen molar-refractivity contribution in [3.8, 4) is 6.07 Å². The summed E-state index contributed by atoms with van der Waals surface area (Å²) in [7, 11) is 0. The number of hydrogen-bond donors (Lipinski definition) is 1. The van der Waals surface area contributed by atoms with E-state index in [4.69, 9.17) is 11.6 Å². The van der Waals surface area contributed by atoms with E-state index in [9.17, 15) is 10.4 Å². The van der Waals surface area contributed by atoms with Gasteiger partial charge in [-0.05, 0) is 30.9 Å². The van der Waals surface area contributed by atoms with Crippen molar-refractivity contribution in [1.82, 2.24) is 9.61 Å². The molecule has 1 N–H and O–H groups in total. The van der Waals surface area contributed by atoms with Crippen molar-refractivity contribution in [3.05, 3.63) is 28.4 Å². The van der Waals surface area contributed by atoms with Crippen LogP contribution in [-0.4, -0.2) is 33.9 Å². The van der Waals surface area contributed by atoms with Crippen LogP contribution in [0.2, 0.25) is 5.02 Å². The Balaban J connectivity index is 2.22. The first-order chi connectivity index (χ1) is 10.2. The van der Waals surface area contributed by atoms with Gasteiger partial charge in [-0.2, -0.15) is 10.4 Å². The Hall–Kier alpha value is -1.77. The molecule has 1 saturated heterocycles. The second-order valence-electron chi connectivity index (χ2n) is 5.37. The SMILES string of the molecule is CCc1cc(Cl)c2c(C#N)cnn2c1N1CCCC(O)C1. The highest BCUT2D eigenvalue weighted by atomic mass is 35.5. The van der Waals surface area contributed by atoms with Crippen molar-refractivity contribution < 1.29 is 5.11 Å². The Morgan fingerprint density at radius 2 is 2.38 bits per heavy atom. The minimum Gasteiger partial charge on any atom is -0.391 e. The molecule has 110 valence electrons. The molecule has 1 aliphatic rings. The maximum absolute atomic E-state index is 9.93. The number of piperidine rings is 1. The Morgan fingerprint density at radius 1 is 1.57 bits per heavy atom. The van der Waals surface area contributed by atoms with E-state index in [-0.39, 0.29) is 6.10 Å². The van der Waals surface area contributed by atoms with Crippen LogP contribution in [0.25, 0.3) is 5.52 Å². The van der Waals surface area contributed by atoms with Crippen LogP contribution in [0.3, 0.4) is 0 Å². The number of nitriles is 1. The Morgan fingerprint density at radius 3 is 3.05 bits per heavy atom. The van der Waals surface area contributed by atoms with Crippen molar-refractivity contribution in [2.24, 2.45) is 0 Å². The predicted molar refractivity (Wildman–Crippen MR) is 81.7 cm³/mol. The number of aliphatic hydroxyl groups is 1. The number of fused-ring (bicyclic) bond motifs is 1. The first-order valence-corrected chi connectivity index (χ1v) is 7.55. The molecule has 1 unspecified atom stereocenters. The summed E-state index contributed by atoms with van der Waals surface area (Å²) >= 11 is 6.33. The molecule has 3 heterocycles. The van der Waals surface area contributed by atoms with E-state index in [1.165, 1.54) is 0 Å². The molecule has 5 nitrogen and oxygen atoms in total. The fourth-order valence-electron chi connectivity index (χ4n) is 2.99. The van der Waals surface area contributed by atoms with Crippen molar-refractivity contribution in [2.75, 3.05) is 18.0 Å². The zero-order valence-electron chi connectivity index (χ0n) is 11.9. The third-order valence-electron chi connectivity index (χ3n) is 3.98. The highest BCUT2D eigenvalue weighted by molar-refractivity contribution is 6.34. The van der Waals surface area contributed by atoms with Crippen LogP contribution in [0.5, 0.6) is 0 Å². The molecule has 0 radical (unpaired) electrons. The highest BCUT2D eigenvalue weighted by Crippen LogP contribution is 2.32. The maximum atomic E-state index is 9.93. The van der Waals surface area contributed by atoms with Crippen LogP contribution in [0, 0.1) is 11.3 Å². The molecule has 2 aromatic rings. The zero-order valence-corrected chi connectivity index (χ0v) is 12.6. The van der Waals surface area contributed by atoms with E-state index in [0.29, 0.717) is 22.6 Å². The van der Waals surface area contributed by atoms with Crippen LogP contribution in [0.1, 0.15) is 30.9 Å². The van der Waals surface area contributed by atoms with Crippen LogP contribution in [0.15, 0.2) is 12.3 Å². The number of rotatable bonds is 2. The molecule has 0 aliphatic carbocycles. The minimum absolute atomic E-state index is 0.319. The fourth-order valence-corrected chi connectivity index (χ4v) is 3.30. The van der Waals surface area contributed by atoms with Gasteiger partial charge in [-0.15, -0.1) is 0 Å². The van der Waals surface area contributed by atoms with E-state index in [1.807, 2.05) is 6.07 Å². The lowest BCUT2D eigenvalue weighted by Crippen LogP contribution is -2.39. The lowest BCUT2D eigenvalue weighted by atomic mass is 10.1. The molecule has 6 heteroatoms. The molecular weight excluding hydrogens is 288 g/mol. The lowest BCUT2D eigenvalue weighted by Gasteiger charge is -2.33. The number of β-amino-alcohol motifs (C(OH)–C–C–N with tert-alkyl or cyclic N) is 1. The summed E-state index contributed by atoms with van der Waals surface area (Å²) in [5, 5.41) is 24.0. The van der Waals surface area contributed by atoms with E-state index >= 15 is 0 Å². The number of nitrogens with zero attached hydrogens (tertiary/aromatic N) is 4. The standard InChI is InChI=1S/C15H17ClN4O/c1-2-10-6-13(16)14-11(7-17)8-18-20(14)15(10)19-5-3-4-12(21)9-19/h6,8,12,21H,2-5,9H2,1H3. The Labute approximate surface area is 128 Å². The molecular formula is C15H17ClN4O. The molecule has 0 saturated carbocycles. The third-order valence-corrected chi connectivity index (χ3v) is 4.27. The lowest BCUT2D eigenvalue weighted by molar-refractivity contribution is 0.153. The predicted octanol–water partition coefficient (Wildman–Crippen LogP) is 2.38. The van der Waals surface area contributed by atoms with Crippen molar-refractivity contribution in [1.29, 1.82) is 5.26 Å². The number of aromatic nitrogens is 2. The monoisotopic (exact) mass is 304 g/mol. The summed E-state index contributed by atoms with van der Waals surface area (Å²) in [5.41, 5.74) is 2.20. The number of hydrogen-bond acceptors (Lipinski definition) is 4. The zero-order chi connectivity index (χ0) is 15.0. The number of anilines is 1. The van der Waals surface area contributed by atoms with Gasteiger partial charge < -0.3 is 10.0 Å². The number of aliphatic hydroxyl groups excluding tert-OH is 1. The fraction of sp³-hybridized carbons (Fsp3) is 0.467. The minimum atomic E-state index is -0.319. The van der Waals surface area contributed by atoms with Gasteiger partial charge >= 0.3 is 0 Å². The molecule has 0 amide bonds. The van der Waals surface area contributed by atoms with Crippen molar-refractivity contribution in [2.45, 2.75) is 32.3 Å². The summed E-state index contributed by atoms with van der Waals surface area (Å²) in [5.74, 6) is 0.942. The topological polar surface area (TPSA) is 64.6 Å². The van der Waals surface area contributed by atoms with E-state index in [1.54, 1.807) is 10.7 Å². The van der Waals surface area contributed by atoms with E-state index < -0.39 is 0 Å². The van der Waals surface area contributed by atoms with Crippen LogP contribution < -0.4 is 4.90 Å².